The number of hydrogen-bond acceptors (Lipinski definition) is 5. The van der Waals surface area contributed by atoms with Crippen LogP contribution in [0.5, 0.6) is 0 Å². The molecule has 6 heteroatoms. The Bertz CT molecular complexity index is 501. The lowest BCUT2D eigenvalue weighted by molar-refractivity contribution is 0.595. The third-order valence-corrected chi connectivity index (χ3v) is 3.65. The van der Waals surface area contributed by atoms with Gasteiger partial charge in [-0.25, -0.2) is 19.3 Å². The van der Waals surface area contributed by atoms with E-state index in [1.165, 1.54) is 6.33 Å². The molecular weight excluding hydrogens is 251 g/mol. The number of anilines is 1. The summed E-state index contributed by atoms with van der Waals surface area (Å²) in [6, 6.07) is 0. The summed E-state index contributed by atoms with van der Waals surface area (Å²) in [5, 5.41) is 5.99. The molecular formula is C12H15FN4S. The molecule has 0 saturated carbocycles. The highest BCUT2D eigenvalue weighted by atomic mass is 32.1. The van der Waals surface area contributed by atoms with E-state index in [1.54, 1.807) is 17.5 Å². The number of aryl methyl sites for hydroxylation is 1. The normalized spacial score (nSPS) is 12.4. The third-order valence-electron chi connectivity index (χ3n) is 2.65. The van der Waals surface area contributed by atoms with Gasteiger partial charge in [-0.15, -0.1) is 11.3 Å². The van der Waals surface area contributed by atoms with Gasteiger partial charge in [-0.1, -0.05) is 13.8 Å². The van der Waals surface area contributed by atoms with Gasteiger partial charge in [0.05, 0.1) is 10.7 Å². The number of aromatic nitrogens is 3. The molecule has 0 aliphatic rings. The van der Waals surface area contributed by atoms with E-state index in [2.05, 4.69) is 20.3 Å². The van der Waals surface area contributed by atoms with E-state index in [0.717, 1.165) is 5.01 Å². The standard InChI is InChI=1S/C12H15FN4S/c1-3-9-10(13)11(17-7-16-9)15-6-8(2)12-14-4-5-18-12/h4-5,7-8H,3,6H2,1-2H3,(H,15,16,17). The SMILES string of the molecule is CCc1ncnc(NCC(C)c2nccs2)c1F. The topological polar surface area (TPSA) is 50.7 Å². The van der Waals surface area contributed by atoms with E-state index in [4.69, 9.17) is 0 Å². The molecule has 2 rings (SSSR count). The molecule has 2 aromatic heterocycles. The largest absolute Gasteiger partial charge is 0.367 e. The number of hydrogen-bond donors (Lipinski definition) is 1. The van der Waals surface area contributed by atoms with E-state index in [0.29, 0.717) is 18.7 Å². The zero-order chi connectivity index (χ0) is 13.0. The molecule has 0 saturated heterocycles. The molecule has 0 amide bonds. The van der Waals surface area contributed by atoms with E-state index < -0.39 is 0 Å². The van der Waals surface area contributed by atoms with Gasteiger partial charge in [0.25, 0.3) is 0 Å². The van der Waals surface area contributed by atoms with Crippen LogP contribution in [0.15, 0.2) is 17.9 Å². The molecule has 1 unspecified atom stereocenters. The lowest BCUT2D eigenvalue weighted by Gasteiger charge is -2.11. The van der Waals surface area contributed by atoms with Crippen LogP contribution in [0.1, 0.15) is 30.5 Å². The van der Waals surface area contributed by atoms with Crippen molar-refractivity contribution in [3.63, 3.8) is 0 Å². The smallest absolute Gasteiger partial charge is 0.186 e. The second-order valence-electron chi connectivity index (χ2n) is 3.99. The van der Waals surface area contributed by atoms with Crippen molar-refractivity contribution < 1.29 is 4.39 Å². The summed E-state index contributed by atoms with van der Waals surface area (Å²) in [6.45, 7) is 4.52. The zero-order valence-corrected chi connectivity index (χ0v) is 11.2. The Kier molecular flexibility index (Phi) is 4.19. The van der Waals surface area contributed by atoms with Crippen LogP contribution < -0.4 is 5.32 Å². The fourth-order valence-electron chi connectivity index (χ4n) is 1.59. The van der Waals surface area contributed by atoms with Gasteiger partial charge in [-0.3, -0.25) is 0 Å². The summed E-state index contributed by atoms with van der Waals surface area (Å²) in [5.41, 5.74) is 0.439. The summed E-state index contributed by atoms with van der Waals surface area (Å²) in [5.74, 6) is 0.140. The first-order valence-corrected chi connectivity index (χ1v) is 6.73. The maximum absolute atomic E-state index is 13.9. The van der Waals surface area contributed by atoms with Crippen LogP contribution >= 0.6 is 11.3 Å². The van der Waals surface area contributed by atoms with Gasteiger partial charge < -0.3 is 5.32 Å². The van der Waals surface area contributed by atoms with E-state index in [9.17, 15) is 4.39 Å². The fourth-order valence-corrected chi connectivity index (χ4v) is 2.29. The van der Waals surface area contributed by atoms with Crippen LogP contribution in [0.25, 0.3) is 0 Å². The van der Waals surface area contributed by atoms with Crippen molar-refractivity contribution >= 4 is 17.2 Å². The molecule has 0 fully saturated rings. The molecule has 1 N–H and O–H groups in total. The predicted molar refractivity (Wildman–Crippen MR) is 70.4 cm³/mol. The third kappa shape index (κ3) is 2.81. The van der Waals surface area contributed by atoms with Crippen LogP contribution in [0.4, 0.5) is 10.2 Å². The number of thiazole rings is 1. The molecule has 0 aromatic carbocycles. The lowest BCUT2D eigenvalue weighted by Crippen LogP contribution is -2.13. The van der Waals surface area contributed by atoms with Crippen LogP contribution in [-0.2, 0) is 6.42 Å². The summed E-state index contributed by atoms with van der Waals surface area (Å²) in [4.78, 5) is 12.1. The highest BCUT2D eigenvalue weighted by Crippen LogP contribution is 2.19. The molecule has 2 aromatic rings. The quantitative estimate of drug-likeness (QED) is 0.904. The van der Waals surface area contributed by atoms with Gasteiger partial charge in [0.1, 0.15) is 6.33 Å². The molecule has 1 atom stereocenters. The van der Waals surface area contributed by atoms with E-state index >= 15 is 0 Å². The number of nitrogens with zero attached hydrogens (tertiary/aromatic N) is 3. The van der Waals surface area contributed by atoms with Crippen molar-refractivity contribution in [1.82, 2.24) is 15.0 Å². The van der Waals surface area contributed by atoms with Gasteiger partial charge in [0, 0.05) is 24.0 Å². The van der Waals surface area contributed by atoms with Gasteiger partial charge in [0.2, 0.25) is 0 Å². The number of rotatable bonds is 5. The molecule has 96 valence electrons. The summed E-state index contributed by atoms with van der Waals surface area (Å²) in [7, 11) is 0. The molecule has 0 radical (unpaired) electrons. The Morgan fingerprint density at radius 1 is 1.39 bits per heavy atom. The molecule has 0 spiro atoms. The first-order valence-electron chi connectivity index (χ1n) is 5.85. The Morgan fingerprint density at radius 2 is 2.22 bits per heavy atom. The van der Waals surface area contributed by atoms with Crippen LogP contribution in [-0.4, -0.2) is 21.5 Å². The van der Waals surface area contributed by atoms with E-state index in [1.807, 2.05) is 19.2 Å². The van der Waals surface area contributed by atoms with Crippen LogP contribution in [0.2, 0.25) is 0 Å². The predicted octanol–water partition coefficient (Wildman–Crippen LogP) is 2.85. The Morgan fingerprint density at radius 3 is 2.89 bits per heavy atom. The van der Waals surface area contributed by atoms with E-state index in [-0.39, 0.29) is 17.6 Å². The first kappa shape index (κ1) is 12.9. The van der Waals surface area contributed by atoms with Crippen LogP contribution in [0.3, 0.4) is 0 Å². The lowest BCUT2D eigenvalue weighted by atomic mass is 10.2. The van der Waals surface area contributed by atoms with Gasteiger partial charge >= 0.3 is 0 Å². The Balaban J connectivity index is 2.02. The monoisotopic (exact) mass is 266 g/mol. The Hall–Kier alpha value is -1.56. The van der Waals surface area contributed by atoms with Crippen molar-refractivity contribution in [2.45, 2.75) is 26.2 Å². The summed E-state index contributed by atoms with van der Waals surface area (Å²) in [6.07, 6.45) is 3.72. The molecule has 4 nitrogen and oxygen atoms in total. The minimum atomic E-state index is -0.355. The van der Waals surface area contributed by atoms with Crippen LogP contribution in [0, 0.1) is 5.82 Å². The summed E-state index contributed by atoms with van der Waals surface area (Å²) < 4.78 is 13.9. The minimum Gasteiger partial charge on any atom is -0.367 e. The maximum Gasteiger partial charge on any atom is 0.186 e. The highest BCUT2D eigenvalue weighted by Gasteiger charge is 2.12. The molecule has 18 heavy (non-hydrogen) atoms. The first-order chi connectivity index (χ1) is 8.72. The van der Waals surface area contributed by atoms with Gasteiger partial charge in [0.15, 0.2) is 11.6 Å². The summed E-state index contributed by atoms with van der Waals surface area (Å²) >= 11 is 1.60. The van der Waals surface area contributed by atoms with Crippen molar-refractivity contribution in [2.75, 3.05) is 11.9 Å². The molecule has 0 aliphatic carbocycles. The molecule has 0 aliphatic heterocycles. The maximum atomic E-state index is 13.9. The van der Waals surface area contributed by atoms with Gasteiger partial charge in [-0.05, 0) is 6.42 Å². The van der Waals surface area contributed by atoms with Gasteiger partial charge in [-0.2, -0.15) is 0 Å². The second-order valence-corrected chi connectivity index (χ2v) is 4.91. The minimum absolute atomic E-state index is 0.226. The molecule has 2 heterocycles. The van der Waals surface area contributed by atoms with Crippen molar-refractivity contribution in [1.29, 1.82) is 0 Å². The average molecular weight is 266 g/mol. The molecule has 0 bridgehead atoms. The van der Waals surface area contributed by atoms with Crippen molar-refractivity contribution in [3.8, 4) is 0 Å². The average Bonchev–Trinajstić information content (AvgIpc) is 2.91. The van der Waals surface area contributed by atoms with Crippen molar-refractivity contribution in [2.24, 2.45) is 0 Å². The fraction of sp³-hybridized carbons (Fsp3) is 0.417. The highest BCUT2D eigenvalue weighted by molar-refractivity contribution is 7.09. The Labute approximate surface area is 109 Å². The van der Waals surface area contributed by atoms with Crippen molar-refractivity contribution in [3.05, 3.63) is 34.4 Å². The number of nitrogens with one attached hydrogen (secondary N) is 1. The second kappa shape index (κ2) is 5.86. The zero-order valence-electron chi connectivity index (χ0n) is 10.4. The number of halogens is 1.